The molecule has 23 heavy (non-hydrogen) atoms. The van der Waals surface area contributed by atoms with Crippen LogP contribution in [-0.2, 0) is 9.53 Å². The minimum atomic E-state index is -0.731. The van der Waals surface area contributed by atoms with Crippen molar-refractivity contribution in [2.24, 2.45) is 16.6 Å². The van der Waals surface area contributed by atoms with E-state index in [4.69, 9.17) is 15.2 Å². The van der Waals surface area contributed by atoms with E-state index < -0.39 is 17.8 Å². The Hall–Kier alpha value is -2.81. The molecule has 1 aliphatic heterocycles. The molecule has 0 saturated heterocycles. The van der Waals surface area contributed by atoms with E-state index in [1.54, 1.807) is 33.1 Å². The standard InChI is InChI=1S/C17H19N3O3/c1-4-23-17(21)14-10(2)20-16(19)13(9-18)15(14)11-6-5-7-12(8-11)22-3/h5-8,13,15H,4H2,1-3H3,(H2,19,20). The number of methoxy groups -OCH3 is 1. The molecule has 0 spiro atoms. The zero-order valence-corrected chi connectivity index (χ0v) is 13.4. The van der Waals surface area contributed by atoms with E-state index in [9.17, 15) is 10.1 Å². The average Bonchev–Trinajstić information content (AvgIpc) is 2.54. The number of rotatable bonds is 4. The predicted molar refractivity (Wildman–Crippen MR) is 85.8 cm³/mol. The van der Waals surface area contributed by atoms with Gasteiger partial charge in [0.1, 0.15) is 17.5 Å². The Morgan fingerprint density at radius 3 is 2.83 bits per heavy atom. The van der Waals surface area contributed by atoms with Crippen molar-refractivity contribution >= 4 is 11.8 Å². The number of nitrogens with zero attached hydrogens (tertiary/aromatic N) is 2. The fourth-order valence-corrected chi connectivity index (χ4v) is 2.70. The molecule has 6 nitrogen and oxygen atoms in total. The highest BCUT2D eigenvalue weighted by Crippen LogP contribution is 2.39. The molecule has 2 rings (SSSR count). The molecule has 0 radical (unpaired) electrons. The van der Waals surface area contributed by atoms with Crippen LogP contribution in [0.25, 0.3) is 0 Å². The van der Waals surface area contributed by atoms with Crippen LogP contribution in [0, 0.1) is 17.2 Å². The highest BCUT2D eigenvalue weighted by molar-refractivity contribution is 5.98. The summed E-state index contributed by atoms with van der Waals surface area (Å²) in [6.45, 7) is 3.67. The SMILES string of the molecule is CCOC(=O)C1=C(C)N=C(N)C(C#N)C1c1cccc(OC)c1. The van der Waals surface area contributed by atoms with Gasteiger partial charge >= 0.3 is 5.97 Å². The summed E-state index contributed by atoms with van der Waals surface area (Å²) < 4.78 is 10.4. The van der Waals surface area contributed by atoms with Crippen LogP contribution in [0.2, 0.25) is 0 Å². The van der Waals surface area contributed by atoms with Crippen molar-refractivity contribution < 1.29 is 14.3 Å². The number of amidine groups is 1. The molecular formula is C17H19N3O3. The summed E-state index contributed by atoms with van der Waals surface area (Å²) in [5, 5.41) is 9.52. The van der Waals surface area contributed by atoms with Crippen molar-refractivity contribution in [3.8, 4) is 11.8 Å². The first kappa shape index (κ1) is 16.6. The molecule has 2 N–H and O–H groups in total. The second-order valence-corrected chi connectivity index (χ2v) is 5.12. The van der Waals surface area contributed by atoms with Crippen molar-refractivity contribution in [1.82, 2.24) is 0 Å². The third-order valence-electron chi connectivity index (χ3n) is 3.74. The Morgan fingerprint density at radius 2 is 2.22 bits per heavy atom. The van der Waals surface area contributed by atoms with Crippen LogP contribution in [0.4, 0.5) is 0 Å². The second kappa shape index (κ2) is 6.97. The Balaban J connectivity index is 2.60. The molecule has 1 heterocycles. The predicted octanol–water partition coefficient (Wildman–Crippen LogP) is 2.13. The Morgan fingerprint density at radius 1 is 1.48 bits per heavy atom. The summed E-state index contributed by atoms with van der Waals surface area (Å²) >= 11 is 0. The van der Waals surface area contributed by atoms with Crippen molar-refractivity contribution in [2.45, 2.75) is 19.8 Å². The number of allylic oxidation sites excluding steroid dienone is 1. The minimum absolute atomic E-state index is 0.200. The normalized spacial score (nSPS) is 20.5. The number of hydrogen-bond donors (Lipinski definition) is 1. The highest BCUT2D eigenvalue weighted by atomic mass is 16.5. The Kier molecular flexibility index (Phi) is 5.02. The van der Waals surface area contributed by atoms with Gasteiger partial charge in [-0.2, -0.15) is 5.26 Å². The molecule has 6 heteroatoms. The van der Waals surface area contributed by atoms with Crippen LogP contribution in [0.5, 0.6) is 5.75 Å². The fraction of sp³-hybridized carbons (Fsp3) is 0.353. The van der Waals surface area contributed by atoms with Gasteiger partial charge in [-0.1, -0.05) is 12.1 Å². The number of ether oxygens (including phenoxy) is 2. The zero-order valence-electron chi connectivity index (χ0n) is 13.4. The highest BCUT2D eigenvalue weighted by Gasteiger charge is 2.38. The van der Waals surface area contributed by atoms with Crippen LogP contribution in [0.3, 0.4) is 0 Å². The van der Waals surface area contributed by atoms with E-state index in [0.717, 1.165) is 5.56 Å². The maximum absolute atomic E-state index is 12.4. The summed E-state index contributed by atoms with van der Waals surface area (Å²) in [6.07, 6.45) is 0. The molecule has 120 valence electrons. The third-order valence-corrected chi connectivity index (χ3v) is 3.74. The Bertz CT molecular complexity index is 716. The van der Waals surface area contributed by atoms with Gasteiger partial charge in [0.05, 0.1) is 31.1 Å². The molecule has 0 aliphatic carbocycles. The minimum Gasteiger partial charge on any atom is -0.497 e. The van der Waals surface area contributed by atoms with Gasteiger partial charge in [0, 0.05) is 5.92 Å². The molecule has 2 atom stereocenters. The number of carbonyl (C=O) groups excluding carboxylic acids is 1. The van der Waals surface area contributed by atoms with Crippen molar-refractivity contribution in [3.05, 3.63) is 41.1 Å². The number of carbonyl (C=O) groups is 1. The van der Waals surface area contributed by atoms with Gasteiger partial charge in [0.2, 0.25) is 0 Å². The molecule has 0 saturated carbocycles. The lowest BCUT2D eigenvalue weighted by molar-refractivity contribution is -0.139. The zero-order chi connectivity index (χ0) is 17.0. The van der Waals surface area contributed by atoms with Crippen LogP contribution in [0.1, 0.15) is 25.3 Å². The third kappa shape index (κ3) is 3.19. The molecule has 1 aromatic rings. The molecule has 2 unspecified atom stereocenters. The lowest BCUT2D eigenvalue weighted by Crippen LogP contribution is -2.35. The molecule has 0 aromatic heterocycles. The van der Waals surface area contributed by atoms with E-state index in [0.29, 0.717) is 17.0 Å². The lowest BCUT2D eigenvalue weighted by atomic mass is 9.78. The number of nitriles is 1. The molecular weight excluding hydrogens is 294 g/mol. The maximum Gasteiger partial charge on any atom is 0.336 e. The van der Waals surface area contributed by atoms with E-state index >= 15 is 0 Å². The quantitative estimate of drug-likeness (QED) is 0.859. The molecule has 1 aliphatic rings. The van der Waals surface area contributed by atoms with Gasteiger partial charge in [-0.05, 0) is 31.5 Å². The number of hydrogen-bond acceptors (Lipinski definition) is 6. The first-order valence-corrected chi connectivity index (χ1v) is 7.29. The van der Waals surface area contributed by atoms with Crippen LogP contribution in [-0.4, -0.2) is 25.5 Å². The number of nitrogens with two attached hydrogens (primary N) is 1. The van der Waals surface area contributed by atoms with Gasteiger partial charge in [0.15, 0.2) is 0 Å². The fourth-order valence-electron chi connectivity index (χ4n) is 2.70. The van der Waals surface area contributed by atoms with Crippen LogP contribution >= 0.6 is 0 Å². The van der Waals surface area contributed by atoms with Crippen LogP contribution in [0.15, 0.2) is 40.5 Å². The van der Waals surface area contributed by atoms with E-state index in [1.165, 1.54) is 0 Å². The monoisotopic (exact) mass is 313 g/mol. The largest absolute Gasteiger partial charge is 0.497 e. The summed E-state index contributed by atoms with van der Waals surface area (Å²) in [6, 6.07) is 9.38. The maximum atomic E-state index is 12.4. The first-order valence-electron chi connectivity index (χ1n) is 7.29. The number of benzene rings is 1. The van der Waals surface area contributed by atoms with Gasteiger partial charge in [-0.25, -0.2) is 9.79 Å². The van der Waals surface area contributed by atoms with E-state index in [-0.39, 0.29) is 12.4 Å². The Labute approximate surface area is 135 Å². The number of esters is 1. The van der Waals surface area contributed by atoms with Gasteiger partial charge in [-0.15, -0.1) is 0 Å². The molecule has 0 amide bonds. The topological polar surface area (TPSA) is 97.7 Å². The lowest BCUT2D eigenvalue weighted by Gasteiger charge is -2.28. The van der Waals surface area contributed by atoms with Gasteiger partial charge < -0.3 is 15.2 Å². The first-order chi connectivity index (χ1) is 11.0. The van der Waals surface area contributed by atoms with Gasteiger partial charge in [0.25, 0.3) is 0 Å². The molecule has 0 fully saturated rings. The second-order valence-electron chi connectivity index (χ2n) is 5.12. The van der Waals surface area contributed by atoms with Gasteiger partial charge in [-0.3, -0.25) is 0 Å². The summed E-state index contributed by atoms with van der Waals surface area (Å²) in [5.74, 6) is -0.904. The van der Waals surface area contributed by atoms with E-state index in [2.05, 4.69) is 11.1 Å². The van der Waals surface area contributed by atoms with Crippen molar-refractivity contribution in [2.75, 3.05) is 13.7 Å². The summed E-state index contributed by atoms with van der Waals surface area (Å²) in [7, 11) is 1.56. The van der Waals surface area contributed by atoms with E-state index in [1.807, 2.05) is 12.1 Å². The molecule has 1 aromatic carbocycles. The van der Waals surface area contributed by atoms with Crippen LogP contribution < -0.4 is 10.5 Å². The van der Waals surface area contributed by atoms with Crippen molar-refractivity contribution in [1.29, 1.82) is 5.26 Å². The molecule has 0 bridgehead atoms. The number of aliphatic imine (C=N–C) groups is 1. The average molecular weight is 313 g/mol. The van der Waals surface area contributed by atoms with Crippen molar-refractivity contribution in [3.63, 3.8) is 0 Å². The smallest absolute Gasteiger partial charge is 0.336 e. The summed E-state index contributed by atoms with van der Waals surface area (Å²) in [4.78, 5) is 16.5. The summed E-state index contributed by atoms with van der Waals surface area (Å²) in [5.41, 5.74) is 7.52.